The first-order valence-corrected chi connectivity index (χ1v) is 11.9. The normalized spacial score (nSPS) is 18.1. The van der Waals surface area contributed by atoms with E-state index in [0.29, 0.717) is 34.3 Å². The third kappa shape index (κ3) is 4.01. The van der Waals surface area contributed by atoms with Gasteiger partial charge in [0.05, 0.1) is 17.8 Å². The van der Waals surface area contributed by atoms with Gasteiger partial charge < -0.3 is 5.73 Å². The molecular weight excluding hydrogens is 467 g/mol. The zero-order valence-corrected chi connectivity index (χ0v) is 20.2. The molecular formula is C26H24ClFN6O. The number of imidazole rings is 1. The molecule has 35 heavy (non-hydrogen) atoms. The summed E-state index contributed by atoms with van der Waals surface area (Å²) in [5.74, 6) is -0.455. The fourth-order valence-corrected chi connectivity index (χ4v) is 5.12. The van der Waals surface area contributed by atoms with Crippen LogP contribution >= 0.6 is 11.6 Å². The second-order valence-electron chi connectivity index (χ2n) is 9.09. The summed E-state index contributed by atoms with van der Waals surface area (Å²) in [6, 6.07) is 9.97. The average Bonchev–Trinajstić information content (AvgIpc) is 3.34. The highest BCUT2D eigenvalue weighted by Gasteiger charge is 2.31. The number of aromatic nitrogens is 4. The number of nitrogens with zero attached hydrogens (tertiary/aromatic N) is 5. The van der Waals surface area contributed by atoms with E-state index in [1.54, 1.807) is 17.8 Å². The summed E-state index contributed by atoms with van der Waals surface area (Å²) >= 11 is 6.45. The predicted molar refractivity (Wildman–Crippen MR) is 134 cm³/mol. The molecule has 0 aliphatic heterocycles. The summed E-state index contributed by atoms with van der Waals surface area (Å²) in [6.07, 6.45) is 3.23. The zero-order chi connectivity index (χ0) is 24.9. The van der Waals surface area contributed by atoms with Crippen molar-refractivity contribution < 1.29 is 9.18 Å². The minimum absolute atomic E-state index is 0.00459. The van der Waals surface area contributed by atoms with Gasteiger partial charge in [-0.05, 0) is 50.5 Å². The van der Waals surface area contributed by atoms with Crippen molar-refractivity contribution in [3.63, 3.8) is 0 Å². The Morgan fingerprint density at radius 1 is 1.26 bits per heavy atom. The molecule has 2 heterocycles. The maximum absolute atomic E-state index is 14.6. The number of nitrogens with two attached hydrogens (primary N) is 1. The molecule has 4 aromatic rings. The van der Waals surface area contributed by atoms with E-state index in [2.05, 4.69) is 9.94 Å². The number of carbonyl (C=O) groups is 1. The van der Waals surface area contributed by atoms with E-state index in [9.17, 15) is 9.18 Å². The van der Waals surface area contributed by atoms with Crippen molar-refractivity contribution in [2.45, 2.75) is 38.6 Å². The molecule has 2 aromatic carbocycles. The number of fused-ring (bicyclic) bond motifs is 1. The van der Waals surface area contributed by atoms with Gasteiger partial charge in [-0.1, -0.05) is 30.2 Å². The van der Waals surface area contributed by atoms with Gasteiger partial charge in [-0.2, -0.15) is 5.10 Å². The van der Waals surface area contributed by atoms with Crippen LogP contribution in [0.3, 0.4) is 0 Å². The van der Waals surface area contributed by atoms with E-state index >= 15 is 0 Å². The Kier molecular flexibility index (Phi) is 5.91. The number of aryl methyl sites for hydroxylation is 1. The molecule has 0 saturated heterocycles. The smallest absolute Gasteiger partial charge is 0.222 e. The molecule has 1 fully saturated rings. The van der Waals surface area contributed by atoms with Crippen molar-refractivity contribution in [3.05, 3.63) is 70.2 Å². The number of halogens is 2. The van der Waals surface area contributed by atoms with Gasteiger partial charge in [0.2, 0.25) is 5.69 Å². The molecule has 2 atom stereocenters. The number of hydrogen-bond donors (Lipinski definition) is 1. The van der Waals surface area contributed by atoms with Crippen LogP contribution in [0, 0.1) is 25.2 Å². The van der Waals surface area contributed by atoms with Gasteiger partial charge in [0, 0.05) is 35.6 Å². The van der Waals surface area contributed by atoms with Crippen LogP contribution in [0.4, 0.5) is 10.1 Å². The number of Topliss-reactive ketones (excluding diaryl/α,β-unsaturated/α-hetero) is 1. The van der Waals surface area contributed by atoms with Crippen LogP contribution in [-0.2, 0) is 7.05 Å². The largest absolute Gasteiger partial charge is 0.328 e. The standard InChI is InChI=1S/C26H24ClFN6O/c1-14-23(24(35)15-5-4-6-17(29)11-15)31-26(16-7-9-22(30-2)20(28)12-16)34(14)18-8-10-21-19(13-18)25(27)33(3)32-21/h7-10,12-13,15,17H,4-6,11,29H2,1,3H3/t15?,17-/m1/s1. The van der Waals surface area contributed by atoms with Gasteiger partial charge in [0.15, 0.2) is 5.78 Å². The molecule has 0 spiro atoms. The van der Waals surface area contributed by atoms with Gasteiger partial charge >= 0.3 is 0 Å². The Balaban J connectivity index is 1.70. The summed E-state index contributed by atoms with van der Waals surface area (Å²) in [6.45, 7) is 8.99. The Bertz CT molecular complexity index is 1510. The monoisotopic (exact) mass is 490 g/mol. The summed E-state index contributed by atoms with van der Waals surface area (Å²) in [4.78, 5) is 21.5. The fourth-order valence-electron chi connectivity index (χ4n) is 4.94. The van der Waals surface area contributed by atoms with E-state index in [1.807, 2.05) is 29.7 Å². The van der Waals surface area contributed by atoms with Crippen LogP contribution in [0.2, 0.25) is 5.15 Å². The molecule has 2 aromatic heterocycles. The van der Waals surface area contributed by atoms with Crippen molar-refractivity contribution in [3.8, 4) is 17.1 Å². The maximum atomic E-state index is 14.6. The molecule has 1 unspecified atom stereocenters. The Hall–Kier alpha value is -3.54. The van der Waals surface area contributed by atoms with Crippen molar-refractivity contribution >= 4 is 34.0 Å². The lowest BCUT2D eigenvalue weighted by Gasteiger charge is -2.25. The van der Waals surface area contributed by atoms with Crippen molar-refractivity contribution in [2.24, 2.45) is 18.7 Å². The highest BCUT2D eigenvalue weighted by molar-refractivity contribution is 6.34. The number of rotatable bonds is 4. The molecule has 7 nitrogen and oxygen atoms in total. The first-order chi connectivity index (χ1) is 16.8. The SMILES string of the molecule is [C-]#[N+]c1ccc(-c2nc(C(=O)C3CCC[C@@H](N)C3)c(C)n2-c2ccc3nn(C)c(Cl)c3c2)cc1F. The van der Waals surface area contributed by atoms with Gasteiger partial charge in [-0.3, -0.25) is 14.0 Å². The van der Waals surface area contributed by atoms with E-state index in [4.69, 9.17) is 28.9 Å². The lowest BCUT2D eigenvalue weighted by molar-refractivity contribution is 0.0876. The zero-order valence-electron chi connectivity index (χ0n) is 19.4. The Morgan fingerprint density at radius 2 is 2.06 bits per heavy atom. The van der Waals surface area contributed by atoms with Crippen LogP contribution in [-0.4, -0.2) is 31.2 Å². The predicted octanol–water partition coefficient (Wildman–Crippen LogP) is 5.78. The summed E-state index contributed by atoms with van der Waals surface area (Å²) in [7, 11) is 1.77. The van der Waals surface area contributed by atoms with Crippen molar-refractivity contribution in [2.75, 3.05) is 0 Å². The summed E-state index contributed by atoms with van der Waals surface area (Å²) in [5, 5.41) is 5.64. The molecule has 9 heteroatoms. The van der Waals surface area contributed by atoms with Crippen molar-refractivity contribution in [1.82, 2.24) is 19.3 Å². The lowest BCUT2D eigenvalue weighted by Crippen LogP contribution is -2.32. The number of benzene rings is 2. The Labute approximate surface area is 207 Å². The van der Waals surface area contributed by atoms with Crippen LogP contribution in [0.15, 0.2) is 36.4 Å². The molecule has 1 aliphatic rings. The average molecular weight is 491 g/mol. The van der Waals surface area contributed by atoms with E-state index in [1.165, 1.54) is 12.1 Å². The van der Waals surface area contributed by atoms with Gasteiger partial charge in [-0.25, -0.2) is 14.2 Å². The Morgan fingerprint density at radius 3 is 2.77 bits per heavy atom. The van der Waals surface area contributed by atoms with E-state index < -0.39 is 5.82 Å². The molecule has 0 radical (unpaired) electrons. The molecule has 0 amide bonds. The summed E-state index contributed by atoms with van der Waals surface area (Å²) < 4.78 is 18.0. The second-order valence-corrected chi connectivity index (χ2v) is 9.44. The second kappa shape index (κ2) is 8.91. The third-order valence-corrected chi connectivity index (χ3v) is 7.20. The fraction of sp³-hybridized carbons (Fsp3) is 0.308. The minimum Gasteiger partial charge on any atom is -0.328 e. The molecule has 5 rings (SSSR count). The van der Waals surface area contributed by atoms with Gasteiger partial charge in [-0.15, -0.1) is 0 Å². The number of carbonyl (C=O) groups excluding carboxylic acids is 1. The molecule has 2 N–H and O–H groups in total. The quantitative estimate of drug-likeness (QED) is 0.290. The highest BCUT2D eigenvalue weighted by Crippen LogP contribution is 2.34. The van der Waals surface area contributed by atoms with Gasteiger partial charge in [0.1, 0.15) is 22.5 Å². The van der Waals surface area contributed by atoms with Crippen LogP contribution in [0.25, 0.3) is 32.8 Å². The number of ketones is 1. The summed E-state index contributed by atoms with van der Waals surface area (Å²) in [5.41, 5.74) is 9.01. The maximum Gasteiger partial charge on any atom is 0.222 e. The third-order valence-electron chi connectivity index (χ3n) is 6.76. The minimum atomic E-state index is -0.637. The van der Waals surface area contributed by atoms with Crippen molar-refractivity contribution in [1.29, 1.82) is 0 Å². The van der Waals surface area contributed by atoms with Gasteiger partial charge in [0.25, 0.3) is 0 Å². The van der Waals surface area contributed by atoms with E-state index in [0.717, 1.165) is 35.9 Å². The van der Waals surface area contributed by atoms with Crippen LogP contribution in [0.1, 0.15) is 41.9 Å². The van der Waals surface area contributed by atoms with Crippen LogP contribution in [0.5, 0.6) is 0 Å². The highest BCUT2D eigenvalue weighted by atomic mass is 35.5. The molecule has 1 aliphatic carbocycles. The molecule has 1 saturated carbocycles. The lowest BCUT2D eigenvalue weighted by atomic mass is 9.82. The molecule has 0 bridgehead atoms. The molecule has 178 valence electrons. The number of hydrogen-bond acceptors (Lipinski definition) is 4. The topological polar surface area (TPSA) is 83.1 Å². The van der Waals surface area contributed by atoms with E-state index in [-0.39, 0.29) is 23.4 Å². The first-order valence-electron chi connectivity index (χ1n) is 11.5. The first kappa shape index (κ1) is 23.2. The van der Waals surface area contributed by atoms with Crippen LogP contribution < -0.4 is 5.73 Å².